The molecule has 112 valence electrons. The first kappa shape index (κ1) is 15.3. The molecule has 0 fully saturated rings. The Balaban J connectivity index is 2.50. The van der Waals surface area contributed by atoms with Crippen LogP contribution in [0.3, 0.4) is 0 Å². The predicted octanol–water partition coefficient (Wildman–Crippen LogP) is 1.04. The fourth-order valence-corrected chi connectivity index (χ4v) is 1.79. The number of nitrogens with zero attached hydrogens (tertiary/aromatic N) is 2. The van der Waals surface area contributed by atoms with Crippen LogP contribution in [0.25, 0.3) is 11.1 Å². The Morgan fingerprint density at radius 3 is 2.33 bits per heavy atom. The van der Waals surface area contributed by atoms with Crippen LogP contribution in [-0.2, 0) is 0 Å². The normalized spacial score (nSPS) is 13.7. The van der Waals surface area contributed by atoms with E-state index in [1.807, 2.05) is 0 Å². The van der Waals surface area contributed by atoms with Gasteiger partial charge in [-0.05, 0) is 24.6 Å². The number of nitrogens with two attached hydrogens (primary N) is 2. The minimum atomic E-state index is -1.47. The van der Waals surface area contributed by atoms with E-state index >= 15 is 0 Å². The molecule has 6 N–H and O–H groups in total. The summed E-state index contributed by atoms with van der Waals surface area (Å²) in [5, 5.41) is 19.5. The maximum atomic E-state index is 9.64. The summed E-state index contributed by atoms with van der Waals surface area (Å²) in [7, 11) is 0. The largest absolute Gasteiger partial charge is 0.444 e. The van der Waals surface area contributed by atoms with Crippen molar-refractivity contribution in [3.63, 3.8) is 0 Å². The maximum absolute atomic E-state index is 9.64. The van der Waals surface area contributed by atoms with Crippen LogP contribution in [0.4, 0.5) is 11.8 Å². The molecule has 0 aliphatic carbocycles. The molecule has 0 aliphatic rings. The molecule has 0 saturated carbocycles. The molecule has 0 bridgehead atoms. The minimum absolute atomic E-state index is 0.0178. The topological polar surface area (TPSA) is 128 Å². The second-order valence-electron chi connectivity index (χ2n) is 4.40. The lowest BCUT2D eigenvalue weighted by molar-refractivity contribution is -0.0976. The van der Waals surface area contributed by atoms with E-state index < -0.39 is 12.4 Å². The van der Waals surface area contributed by atoms with E-state index in [0.29, 0.717) is 16.1 Å². The molecule has 1 unspecified atom stereocenters. The summed E-state index contributed by atoms with van der Waals surface area (Å²) in [5.74, 6) is -0.0219. The van der Waals surface area contributed by atoms with Gasteiger partial charge in [-0.1, -0.05) is 23.7 Å². The van der Waals surface area contributed by atoms with Gasteiger partial charge in [0.2, 0.25) is 18.1 Å². The van der Waals surface area contributed by atoms with Gasteiger partial charge in [0.15, 0.2) is 0 Å². The van der Waals surface area contributed by atoms with E-state index in [1.54, 1.807) is 24.3 Å². The number of aromatic nitrogens is 2. The van der Waals surface area contributed by atoms with E-state index in [-0.39, 0.29) is 17.6 Å². The lowest BCUT2D eigenvalue weighted by Crippen LogP contribution is -2.29. The molecule has 0 saturated heterocycles. The second-order valence-corrected chi connectivity index (χ2v) is 4.84. The highest BCUT2D eigenvalue weighted by Gasteiger charge is 2.20. The van der Waals surface area contributed by atoms with Crippen molar-refractivity contribution in [2.45, 2.75) is 19.3 Å². The molecule has 2 atom stereocenters. The number of hydrogen-bond donors (Lipinski definition) is 4. The number of benzene rings is 1. The number of hydrogen-bond acceptors (Lipinski definition) is 7. The van der Waals surface area contributed by atoms with E-state index in [1.165, 1.54) is 6.92 Å². The number of anilines is 2. The van der Waals surface area contributed by atoms with Crippen LogP contribution in [0, 0.1) is 0 Å². The van der Waals surface area contributed by atoms with E-state index in [9.17, 15) is 10.2 Å². The number of rotatable bonds is 4. The summed E-state index contributed by atoms with van der Waals surface area (Å²) in [4.78, 5) is 7.79. The first-order chi connectivity index (χ1) is 9.88. The highest BCUT2D eigenvalue weighted by Crippen LogP contribution is 2.34. The van der Waals surface area contributed by atoms with Gasteiger partial charge < -0.3 is 26.4 Å². The Kier molecular flexibility index (Phi) is 4.46. The Labute approximate surface area is 126 Å². The summed E-state index contributed by atoms with van der Waals surface area (Å²) >= 11 is 5.84. The lowest BCUT2D eigenvalue weighted by atomic mass is 10.1. The fourth-order valence-electron chi connectivity index (χ4n) is 1.66. The van der Waals surface area contributed by atoms with Crippen LogP contribution >= 0.6 is 11.6 Å². The van der Waals surface area contributed by atoms with Crippen LogP contribution < -0.4 is 16.2 Å². The number of nitrogen functional groups attached to an aromatic ring is 2. The lowest BCUT2D eigenvalue weighted by Gasteiger charge is -2.18. The SMILES string of the molecule is CC(O)[C@@H](O)Oc1nc(N)nc(N)c1-c1ccc(Cl)cc1. The first-order valence-corrected chi connectivity index (χ1v) is 6.48. The van der Waals surface area contributed by atoms with Crippen LogP contribution in [0.2, 0.25) is 5.02 Å². The zero-order valence-electron chi connectivity index (χ0n) is 11.2. The van der Waals surface area contributed by atoms with Gasteiger partial charge >= 0.3 is 0 Å². The summed E-state index contributed by atoms with van der Waals surface area (Å²) < 4.78 is 5.21. The third kappa shape index (κ3) is 3.52. The molecule has 0 radical (unpaired) electrons. The quantitative estimate of drug-likeness (QED) is 0.621. The zero-order chi connectivity index (χ0) is 15.6. The van der Waals surface area contributed by atoms with E-state index in [4.69, 9.17) is 27.8 Å². The third-order valence-electron chi connectivity index (χ3n) is 2.70. The van der Waals surface area contributed by atoms with Crippen molar-refractivity contribution in [3.05, 3.63) is 29.3 Å². The number of aliphatic hydroxyl groups is 2. The fraction of sp³-hybridized carbons (Fsp3) is 0.231. The van der Waals surface area contributed by atoms with Gasteiger partial charge in [0.25, 0.3) is 0 Å². The van der Waals surface area contributed by atoms with Crippen molar-refractivity contribution in [1.82, 2.24) is 9.97 Å². The Hall–Kier alpha value is -2.09. The van der Waals surface area contributed by atoms with Crippen LogP contribution in [0.1, 0.15) is 6.92 Å². The van der Waals surface area contributed by atoms with E-state index in [2.05, 4.69) is 9.97 Å². The summed E-state index contributed by atoms with van der Waals surface area (Å²) in [6.07, 6.45) is -2.58. The van der Waals surface area contributed by atoms with Crippen LogP contribution in [0.15, 0.2) is 24.3 Å². The first-order valence-electron chi connectivity index (χ1n) is 6.10. The molecule has 2 aromatic rings. The van der Waals surface area contributed by atoms with Crippen LogP contribution in [-0.4, -0.2) is 32.6 Å². The summed E-state index contributed by atoms with van der Waals surface area (Å²) in [6.45, 7) is 1.38. The molecule has 1 aromatic carbocycles. The minimum Gasteiger partial charge on any atom is -0.444 e. The van der Waals surface area contributed by atoms with Crippen molar-refractivity contribution in [3.8, 4) is 17.0 Å². The van der Waals surface area contributed by atoms with Crippen LogP contribution in [0.5, 0.6) is 5.88 Å². The molecule has 1 heterocycles. The monoisotopic (exact) mass is 310 g/mol. The Morgan fingerprint density at radius 2 is 1.76 bits per heavy atom. The molecule has 1 aromatic heterocycles. The smallest absolute Gasteiger partial charge is 0.230 e. The average Bonchev–Trinajstić information content (AvgIpc) is 2.39. The third-order valence-corrected chi connectivity index (χ3v) is 2.95. The highest BCUT2D eigenvalue weighted by atomic mass is 35.5. The molecule has 2 rings (SSSR count). The number of halogens is 1. The van der Waals surface area contributed by atoms with Crippen molar-refractivity contribution in [1.29, 1.82) is 0 Å². The van der Waals surface area contributed by atoms with Gasteiger partial charge in [0, 0.05) is 5.02 Å². The number of ether oxygens (including phenoxy) is 1. The molecule has 0 aliphatic heterocycles. The highest BCUT2D eigenvalue weighted by molar-refractivity contribution is 6.30. The van der Waals surface area contributed by atoms with Crippen molar-refractivity contribution in [2.75, 3.05) is 11.5 Å². The standard InChI is InChI=1S/C13H15ClN4O3/c1-6(19)12(20)21-11-9(10(15)17-13(16)18-11)7-2-4-8(14)5-3-7/h2-6,12,19-20H,1H3,(H4,15,16,17,18)/t6?,12-/m0/s1. The molecule has 0 amide bonds. The van der Waals surface area contributed by atoms with Gasteiger partial charge in [-0.3, -0.25) is 0 Å². The zero-order valence-corrected chi connectivity index (χ0v) is 11.9. The average molecular weight is 311 g/mol. The summed E-state index contributed by atoms with van der Waals surface area (Å²) in [6, 6.07) is 6.74. The number of aliphatic hydroxyl groups excluding tert-OH is 2. The maximum Gasteiger partial charge on any atom is 0.230 e. The van der Waals surface area contributed by atoms with Gasteiger partial charge in [-0.2, -0.15) is 9.97 Å². The van der Waals surface area contributed by atoms with E-state index in [0.717, 1.165) is 0 Å². The Morgan fingerprint density at radius 1 is 1.14 bits per heavy atom. The van der Waals surface area contributed by atoms with Crippen molar-refractivity contribution >= 4 is 23.4 Å². The van der Waals surface area contributed by atoms with Gasteiger partial charge in [-0.15, -0.1) is 0 Å². The molecule has 7 nitrogen and oxygen atoms in total. The van der Waals surface area contributed by atoms with Gasteiger partial charge in [0.05, 0.1) is 5.56 Å². The molecular formula is C13H15ClN4O3. The van der Waals surface area contributed by atoms with Crippen molar-refractivity contribution in [2.24, 2.45) is 0 Å². The van der Waals surface area contributed by atoms with Gasteiger partial charge in [-0.25, -0.2) is 0 Å². The second kappa shape index (κ2) is 6.13. The molecule has 21 heavy (non-hydrogen) atoms. The van der Waals surface area contributed by atoms with Gasteiger partial charge in [0.1, 0.15) is 11.9 Å². The molecular weight excluding hydrogens is 296 g/mol. The predicted molar refractivity (Wildman–Crippen MR) is 79.6 cm³/mol. The molecule has 8 heteroatoms. The molecule has 0 spiro atoms. The summed E-state index contributed by atoms with van der Waals surface area (Å²) in [5.41, 5.74) is 12.4. The van der Waals surface area contributed by atoms with Crippen molar-refractivity contribution < 1.29 is 14.9 Å². The Bertz CT molecular complexity index is 634.